The van der Waals surface area contributed by atoms with Crippen LogP contribution >= 0.6 is 0 Å². The minimum absolute atomic E-state index is 0.250. The summed E-state index contributed by atoms with van der Waals surface area (Å²) in [6.07, 6.45) is 1.80. The van der Waals surface area contributed by atoms with Crippen LogP contribution in [0, 0.1) is 20.8 Å². The van der Waals surface area contributed by atoms with Crippen molar-refractivity contribution in [3.8, 4) is 11.3 Å². The van der Waals surface area contributed by atoms with Gasteiger partial charge in [0, 0.05) is 23.4 Å². The van der Waals surface area contributed by atoms with Crippen molar-refractivity contribution in [2.75, 3.05) is 26.8 Å². The third-order valence-electron chi connectivity index (χ3n) is 5.42. The molecule has 6 heteroatoms. The number of aryl methyl sites for hydroxylation is 2. The number of nitrogens with zero attached hydrogens (tertiary/aromatic N) is 4. The average Bonchev–Trinajstić information content (AvgIpc) is 3.21. The highest BCUT2D eigenvalue weighted by atomic mass is 16.5. The summed E-state index contributed by atoms with van der Waals surface area (Å²) in [6, 6.07) is 8.42. The Morgan fingerprint density at radius 3 is 2.78 bits per heavy atom. The molecule has 1 atom stereocenters. The normalized spacial score (nSPS) is 18.1. The molecule has 0 spiro atoms. The van der Waals surface area contributed by atoms with E-state index in [1.807, 2.05) is 16.8 Å². The van der Waals surface area contributed by atoms with Gasteiger partial charge in [0.1, 0.15) is 6.54 Å². The van der Waals surface area contributed by atoms with Gasteiger partial charge in [0.2, 0.25) is 5.89 Å². The largest absolute Gasteiger partial charge is 0.439 e. The topological polar surface area (TPSA) is 56.3 Å². The van der Waals surface area contributed by atoms with E-state index in [2.05, 4.69) is 49.8 Å². The van der Waals surface area contributed by atoms with Gasteiger partial charge in [0.05, 0.1) is 31.1 Å². The first-order valence-corrected chi connectivity index (χ1v) is 9.37. The van der Waals surface area contributed by atoms with Crippen LogP contribution in [-0.4, -0.2) is 46.5 Å². The molecule has 6 nitrogen and oxygen atoms in total. The molecule has 142 valence electrons. The molecule has 27 heavy (non-hydrogen) atoms. The highest BCUT2D eigenvalue weighted by Crippen LogP contribution is 2.29. The number of rotatable bonds is 4. The molecule has 0 aliphatic carbocycles. The van der Waals surface area contributed by atoms with E-state index in [0.29, 0.717) is 19.0 Å². The van der Waals surface area contributed by atoms with Crippen molar-refractivity contribution in [1.29, 1.82) is 0 Å². The molecule has 3 heterocycles. The van der Waals surface area contributed by atoms with Crippen LogP contribution in [0.5, 0.6) is 0 Å². The molecule has 2 aromatic heterocycles. The Hall–Kier alpha value is -2.44. The van der Waals surface area contributed by atoms with Crippen molar-refractivity contribution >= 4 is 0 Å². The summed E-state index contributed by atoms with van der Waals surface area (Å²) in [5, 5.41) is 4.75. The Kier molecular flexibility index (Phi) is 4.85. The van der Waals surface area contributed by atoms with E-state index in [4.69, 9.17) is 14.3 Å². The molecule has 1 aromatic carbocycles. The van der Waals surface area contributed by atoms with Crippen molar-refractivity contribution in [3.05, 3.63) is 58.9 Å². The number of aromatic nitrogens is 3. The van der Waals surface area contributed by atoms with Crippen LogP contribution in [0.25, 0.3) is 11.3 Å². The van der Waals surface area contributed by atoms with Gasteiger partial charge in [-0.3, -0.25) is 9.58 Å². The van der Waals surface area contributed by atoms with Gasteiger partial charge in [0.15, 0.2) is 5.76 Å². The van der Waals surface area contributed by atoms with Crippen LogP contribution in [0.4, 0.5) is 0 Å². The lowest BCUT2D eigenvalue weighted by Gasteiger charge is -2.32. The van der Waals surface area contributed by atoms with Crippen molar-refractivity contribution in [1.82, 2.24) is 19.7 Å². The highest BCUT2D eigenvalue weighted by Gasteiger charge is 2.27. The molecule has 1 aliphatic heterocycles. The van der Waals surface area contributed by atoms with Gasteiger partial charge in [-0.2, -0.15) is 5.10 Å². The van der Waals surface area contributed by atoms with Crippen LogP contribution in [-0.2, 0) is 11.3 Å². The maximum atomic E-state index is 6.02. The van der Waals surface area contributed by atoms with E-state index < -0.39 is 0 Å². The predicted octanol–water partition coefficient (Wildman–Crippen LogP) is 3.51. The lowest BCUT2D eigenvalue weighted by Crippen LogP contribution is -2.37. The number of hydrogen-bond acceptors (Lipinski definition) is 5. The number of morpholine rings is 1. The maximum absolute atomic E-state index is 6.02. The molecule has 0 saturated carbocycles. The number of oxazole rings is 1. The van der Waals surface area contributed by atoms with Crippen molar-refractivity contribution < 1.29 is 9.15 Å². The maximum Gasteiger partial charge on any atom is 0.216 e. The Balaban J connectivity index is 1.59. The predicted molar refractivity (Wildman–Crippen MR) is 104 cm³/mol. The number of ether oxygens (including phenoxy) is 1. The average molecular weight is 366 g/mol. The summed E-state index contributed by atoms with van der Waals surface area (Å²) < 4.78 is 13.7. The van der Waals surface area contributed by atoms with E-state index in [0.717, 1.165) is 35.9 Å². The quantitative estimate of drug-likeness (QED) is 0.707. The van der Waals surface area contributed by atoms with Crippen LogP contribution < -0.4 is 0 Å². The molecule has 1 saturated heterocycles. The summed E-state index contributed by atoms with van der Waals surface area (Å²) in [6.45, 7) is 9.22. The van der Waals surface area contributed by atoms with E-state index in [1.54, 1.807) is 6.20 Å². The lowest BCUT2D eigenvalue weighted by molar-refractivity contribution is 0.00457. The molecule has 0 N–H and O–H groups in total. The van der Waals surface area contributed by atoms with Crippen molar-refractivity contribution in [3.63, 3.8) is 0 Å². The Morgan fingerprint density at radius 1 is 1.19 bits per heavy atom. The van der Waals surface area contributed by atoms with Gasteiger partial charge in [0.25, 0.3) is 0 Å². The van der Waals surface area contributed by atoms with Gasteiger partial charge >= 0.3 is 0 Å². The first kappa shape index (κ1) is 17.9. The van der Waals surface area contributed by atoms with E-state index >= 15 is 0 Å². The minimum atomic E-state index is 0.250. The Labute approximate surface area is 159 Å². The molecule has 0 unspecified atom stereocenters. The zero-order chi connectivity index (χ0) is 19.0. The SMILES string of the molecule is Cc1ccccc1-c1cnc(Cn2nc(C)c([C@@H]3COCCN3C)c2C)o1. The van der Waals surface area contributed by atoms with Gasteiger partial charge in [-0.25, -0.2) is 4.98 Å². The Morgan fingerprint density at radius 2 is 2.00 bits per heavy atom. The Bertz CT molecular complexity index is 944. The second-order valence-electron chi connectivity index (χ2n) is 7.25. The fourth-order valence-corrected chi connectivity index (χ4v) is 3.82. The van der Waals surface area contributed by atoms with Crippen LogP contribution in [0.1, 0.15) is 34.4 Å². The standard InChI is InChI=1S/C21H26N4O2/c1-14-7-5-6-8-17(14)19-11-22-20(27-19)12-25-16(3)21(15(2)23-25)18-13-26-10-9-24(18)4/h5-8,11,18H,9-10,12-13H2,1-4H3/t18-/m0/s1. The van der Waals surface area contributed by atoms with Gasteiger partial charge in [-0.15, -0.1) is 0 Å². The molecule has 3 aromatic rings. The fourth-order valence-electron chi connectivity index (χ4n) is 3.82. The summed E-state index contributed by atoms with van der Waals surface area (Å²) in [4.78, 5) is 6.81. The zero-order valence-electron chi connectivity index (χ0n) is 16.4. The molecule has 4 rings (SSSR count). The minimum Gasteiger partial charge on any atom is -0.439 e. The molecule has 0 bridgehead atoms. The molecule has 1 aliphatic rings. The van der Waals surface area contributed by atoms with E-state index in [1.165, 1.54) is 11.1 Å². The summed E-state index contributed by atoms with van der Waals surface area (Å²) in [5.41, 5.74) is 5.69. The molecule has 1 fully saturated rings. The van der Waals surface area contributed by atoms with Crippen LogP contribution in [0.2, 0.25) is 0 Å². The second-order valence-corrected chi connectivity index (χ2v) is 7.25. The first-order chi connectivity index (χ1) is 13.0. The number of hydrogen-bond donors (Lipinski definition) is 0. The molecule has 0 radical (unpaired) electrons. The van der Waals surface area contributed by atoms with E-state index in [9.17, 15) is 0 Å². The monoisotopic (exact) mass is 366 g/mol. The zero-order valence-corrected chi connectivity index (χ0v) is 16.4. The van der Waals surface area contributed by atoms with Crippen LogP contribution in [0.15, 0.2) is 34.9 Å². The fraction of sp³-hybridized carbons (Fsp3) is 0.429. The number of benzene rings is 1. The van der Waals surface area contributed by atoms with Crippen molar-refractivity contribution in [2.45, 2.75) is 33.4 Å². The van der Waals surface area contributed by atoms with E-state index in [-0.39, 0.29) is 6.04 Å². The van der Waals surface area contributed by atoms with Gasteiger partial charge in [-0.05, 0) is 33.4 Å². The smallest absolute Gasteiger partial charge is 0.216 e. The summed E-state index contributed by atoms with van der Waals surface area (Å²) >= 11 is 0. The third kappa shape index (κ3) is 3.42. The lowest BCUT2D eigenvalue weighted by atomic mass is 10.0. The number of likely N-dealkylation sites (N-methyl/N-ethyl adjacent to an activating group) is 1. The van der Waals surface area contributed by atoms with Gasteiger partial charge in [-0.1, -0.05) is 24.3 Å². The van der Waals surface area contributed by atoms with Crippen LogP contribution in [0.3, 0.4) is 0 Å². The molecule has 0 amide bonds. The van der Waals surface area contributed by atoms with Gasteiger partial charge < -0.3 is 9.15 Å². The first-order valence-electron chi connectivity index (χ1n) is 9.37. The molecular formula is C21H26N4O2. The third-order valence-corrected chi connectivity index (χ3v) is 5.42. The van der Waals surface area contributed by atoms with Crippen molar-refractivity contribution in [2.24, 2.45) is 0 Å². The summed E-state index contributed by atoms with van der Waals surface area (Å²) in [7, 11) is 2.14. The second kappa shape index (κ2) is 7.29. The highest BCUT2D eigenvalue weighted by molar-refractivity contribution is 5.60. The molecular weight excluding hydrogens is 340 g/mol. The summed E-state index contributed by atoms with van der Waals surface area (Å²) in [5.74, 6) is 1.46.